The lowest BCUT2D eigenvalue weighted by Crippen LogP contribution is -2.30. The van der Waals surface area contributed by atoms with Crippen molar-refractivity contribution in [1.29, 1.82) is 0 Å². The zero-order valence-corrected chi connectivity index (χ0v) is 9.17. The molecule has 0 aliphatic carbocycles. The summed E-state index contributed by atoms with van der Waals surface area (Å²) in [5.74, 6) is -3.31. The molecule has 0 N–H and O–H groups in total. The predicted octanol–water partition coefficient (Wildman–Crippen LogP) is 3.43. The summed E-state index contributed by atoms with van der Waals surface area (Å²) >= 11 is 0.808. The molecule has 0 radical (unpaired) electrons. The van der Waals surface area contributed by atoms with Crippen molar-refractivity contribution in [3.63, 3.8) is 0 Å². The normalized spacial score (nSPS) is 14.1. The van der Waals surface area contributed by atoms with Crippen molar-refractivity contribution in [2.75, 3.05) is 5.75 Å². The van der Waals surface area contributed by atoms with Crippen molar-refractivity contribution >= 4 is 16.9 Å². The number of alkyl halides is 3. The summed E-state index contributed by atoms with van der Waals surface area (Å²) < 4.78 is 38.8. The van der Waals surface area contributed by atoms with Gasteiger partial charge in [0.2, 0.25) is 0 Å². The highest BCUT2D eigenvalue weighted by Crippen LogP contribution is 2.29. The van der Waals surface area contributed by atoms with Crippen LogP contribution in [0.5, 0.6) is 0 Å². The van der Waals surface area contributed by atoms with Crippen molar-refractivity contribution in [2.45, 2.75) is 45.2 Å². The van der Waals surface area contributed by atoms with E-state index in [1.165, 1.54) is 6.92 Å². The molecule has 1 atom stereocenters. The molecule has 0 aromatic heterocycles. The monoisotopic (exact) mass is 228 g/mol. The van der Waals surface area contributed by atoms with Crippen molar-refractivity contribution in [3.8, 4) is 0 Å². The van der Waals surface area contributed by atoms with Crippen LogP contribution in [0.4, 0.5) is 13.2 Å². The van der Waals surface area contributed by atoms with Crippen molar-refractivity contribution < 1.29 is 18.0 Å². The second-order valence-corrected chi connectivity index (χ2v) is 4.38. The van der Waals surface area contributed by atoms with E-state index in [4.69, 9.17) is 0 Å². The quantitative estimate of drug-likeness (QED) is 0.692. The molecule has 1 unspecified atom stereocenters. The Kier molecular flexibility index (Phi) is 6.24. The number of halogens is 3. The van der Waals surface area contributed by atoms with Gasteiger partial charge < -0.3 is 0 Å². The third-order valence-corrected chi connectivity index (χ3v) is 2.56. The first-order chi connectivity index (χ1) is 6.40. The fourth-order valence-corrected chi connectivity index (χ4v) is 1.61. The van der Waals surface area contributed by atoms with E-state index in [-0.39, 0.29) is 17.3 Å². The van der Waals surface area contributed by atoms with Crippen molar-refractivity contribution in [1.82, 2.24) is 0 Å². The van der Waals surface area contributed by atoms with Crippen LogP contribution in [0, 0.1) is 0 Å². The minimum Gasteiger partial charge on any atom is -0.288 e. The molecule has 0 aliphatic heterocycles. The lowest BCUT2D eigenvalue weighted by Gasteiger charge is -2.19. The number of carbonyl (C=O) groups is 1. The average Bonchev–Trinajstić information content (AvgIpc) is 2.03. The van der Waals surface area contributed by atoms with E-state index < -0.39 is 18.5 Å². The third-order valence-electron chi connectivity index (χ3n) is 1.74. The molecule has 0 aliphatic rings. The molecule has 1 nitrogen and oxygen atoms in total. The molecule has 0 bridgehead atoms. The van der Waals surface area contributed by atoms with Gasteiger partial charge >= 0.3 is 0 Å². The van der Waals surface area contributed by atoms with Crippen LogP contribution in [-0.2, 0) is 4.79 Å². The van der Waals surface area contributed by atoms with E-state index in [0.29, 0.717) is 6.42 Å². The molecule has 0 aromatic rings. The standard InChI is InChI=1S/C9H15F3OS/c1-3-4-8(10)9(11,12)5-6-14-7(2)13/h8H,3-6H2,1-2H3. The van der Waals surface area contributed by atoms with Gasteiger partial charge in [-0.15, -0.1) is 0 Å². The summed E-state index contributed by atoms with van der Waals surface area (Å²) in [5, 5.41) is -0.216. The van der Waals surface area contributed by atoms with Gasteiger partial charge in [-0.25, -0.2) is 13.2 Å². The van der Waals surface area contributed by atoms with Crippen LogP contribution in [0.15, 0.2) is 0 Å². The lowest BCUT2D eigenvalue weighted by molar-refractivity contribution is -0.109. The van der Waals surface area contributed by atoms with Crippen LogP contribution in [0.2, 0.25) is 0 Å². The van der Waals surface area contributed by atoms with Gasteiger partial charge in [0, 0.05) is 19.1 Å². The van der Waals surface area contributed by atoms with Gasteiger partial charge in [0.25, 0.3) is 5.92 Å². The first kappa shape index (κ1) is 13.8. The van der Waals surface area contributed by atoms with Crippen LogP contribution in [0.1, 0.15) is 33.1 Å². The van der Waals surface area contributed by atoms with Gasteiger partial charge in [-0.2, -0.15) is 0 Å². The number of hydrogen-bond acceptors (Lipinski definition) is 2. The fraction of sp³-hybridized carbons (Fsp3) is 0.889. The first-order valence-electron chi connectivity index (χ1n) is 4.55. The van der Waals surface area contributed by atoms with Gasteiger partial charge in [-0.3, -0.25) is 4.79 Å². The highest BCUT2D eigenvalue weighted by molar-refractivity contribution is 8.13. The third kappa shape index (κ3) is 5.52. The maximum Gasteiger partial charge on any atom is 0.279 e. The smallest absolute Gasteiger partial charge is 0.279 e. The van der Waals surface area contributed by atoms with Gasteiger partial charge in [-0.05, 0) is 6.42 Å². The van der Waals surface area contributed by atoms with Crippen molar-refractivity contribution in [3.05, 3.63) is 0 Å². The summed E-state index contributed by atoms with van der Waals surface area (Å²) in [6.07, 6.45) is -2.38. The van der Waals surface area contributed by atoms with Gasteiger partial charge in [0.05, 0.1) is 0 Å². The SMILES string of the molecule is CCCC(F)C(F)(F)CCSC(C)=O. The largest absolute Gasteiger partial charge is 0.288 e. The maximum absolute atomic E-state index is 13.0. The molecule has 0 rings (SSSR count). The zero-order valence-electron chi connectivity index (χ0n) is 8.36. The predicted molar refractivity (Wildman–Crippen MR) is 52.5 cm³/mol. The Morgan fingerprint density at radius 3 is 2.50 bits per heavy atom. The summed E-state index contributed by atoms with van der Waals surface area (Å²) in [6.45, 7) is 2.97. The molecule has 14 heavy (non-hydrogen) atoms. The Labute approximate surface area is 86.4 Å². The highest BCUT2D eigenvalue weighted by atomic mass is 32.2. The molecular formula is C9H15F3OS. The summed E-state index contributed by atoms with van der Waals surface area (Å²) in [6, 6.07) is 0. The molecule has 0 aromatic carbocycles. The van der Waals surface area contributed by atoms with E-state index in [1.807, 2.05) is 0 Å². The van der Waals surface area contributed by atoms with Crippen molar-refractivity contribution in [2.24, 2.45) is 0 Å². The summed E-state index contributed by atoms with van der Waals surface area (Å²) in [5.41, 5.74) is 0. The Balaban J connectivity index is 3.86. The molecule has 0 saturated carbocycles. The molecule has 0 fully saturated rings. The molecule has 0 spiro atoms. The second-order valence-electron chi connectivity index (χ2n) is 3.11. The highest BCUT2D eigenvalue weighted by Gasteiger charge is 2.38. The second kappa shape index (κ2) is 6.32. The molecule has 0 heterocycles. The topological polar surface area (TPSA) is 17.1 Å². The maximum atomic E-state index is 13.0. The minimum absolute atomic E-state index is 0.0214. The van der Waals surface area contributed by atoms with Crippen LogP contribution < -0.4 is 0 Å². The number of rotatable bonds is 6. The Morgan fingerprint density at radius 1 is 1.50 bits per heavy atom. The fourth-order valence-electron chi connectivity index (χ4n) is 0.952. The van der Waals surface area contributed by atoms with Crippen LogP contribution in [-0.4, -0.2) is 23.0 Å². The molecule has 5 heteroatoms. The van der Waals surface area contributed by atoms with E-state index in [9.17, 15) is 18.0 Å². The molecule has 0 saturated heterocycles. The van der Waals surface area contributed by atoms with Crippen LogP contribution >= 0.6 is 11.8 Å². The number of hydrogen-bond donors (Lipinski definition) is 0. The van der Waals surface area contributed by atoms with Gasteiger partial charge in [-0.1, -0.05) is 25.1 Å². The number of carbonyl (C=O) groups excluding carboxylic acids is 1. The lowest BCUT2D eigenvalue weighted by atomic mass is 10.1. The molecular weight excluding hydrogens is 213 g/mol. The van der Waals surface area contributed by atoms with Crippen LogP contribution in [0.3, 0.4) is 0 Å². The first-order valence-corrected chi connectivity index (χ1v) is 5.54. The van der Waals surface area contributed by atoms with Gasteiger partial charge in [0.15, 0.2) is 11.3 Å². The minimum atomic E-state index is -3.29. The van der Waals surface area contributed by atoms with E-state index in [0.717, 1.165) is 11.8 Å². The van der Waals surface area contributed by atoms with E-state index >= 15 is 0 Å². The molecule has 0 amide bonds. The Morgan fingerprint density at radius 2 is 2.07 bits per heavy atom. The summed E-state index contributed by atoms with van der Waals surface area (Å²) in [4.78, 5) is 10.4. The number of thioether (sulfide) groups is 1. The molecule has 84 valence electrons. The van der Waals surface area contributed by atoms with E-state index in [2.05, 4.69) is 0 Å². The Bertz CT molecular complexity index is 185. The Hall–Kier alpha value is -0.190. The zero-order chi connectivity index (χ0) is 11.2. The average molecular weight is 228 g/mol. The summed E-state index contributed by atoms with van der Waals surface area (Å²) in [7, 11) is 0. The van der Waals surface area contributed by atoms with E-state index in [1.54, 1.807) is 6.92 Å². The van der Waals surface area contributed by atoms with Crippen LogP contribution in [0.25, 0.3) is 0 Å². The van der Waals surface area contributed by atoms with Gasteiger partial charge in [0.1, 0.15) is 0 Å².